The van der Waals surface area contributed by atoms with Crippen LogP contribution >= 0.6 is 0 Å². The van der Waals surface area contributed by atoms with Crippen LogP contribution in [0.3, 0.4) is 0 Å². The molecule has 0 radical (unpaired) electrons. The molecular formula is C31H36N2O2S. The molecule has 0 aliphatic heterocycles. The highest BCUT2D eigenvalue weighted by Crippen LogP contribution is 2.23. The molecule has 0 saturated heterocycles. The van der Waals surface area contributed by atoms with Crippen LogP contribution in [0.1, 0.15) is 30.0 Å². The monoisotopic (exact) mass is 500 g/mol. The van der Waals surface area contributed by atoms with Crippen LogP contribution in [0.5, 0.6) is 0 Å². The maximum absolute atomic E-state index is 11.1. The van der Waals surface area contributed by atoms with Crippen LogP contribution in [0.25, 0.3) is 17.0 Å². The first-order chi connectivity index (χ1) is 17.3. The number of aromatic nitrogens is 1. The largest absolute Gasteiger partial charge is 0.361 e. The summed E-state index contributed by atoms with van der Waals surface area (Å²) in [5, 5.41) is 2.30. The van der Waals surface area contributed by atoms with Gasteiger partial charge in [-0.1, -0.05) is 80.3 Å². The van der Waals surface area contributed by atoms with E-state index in [4.69, 9.17) is 0 Å². The minimum Gasteiger partial charge on any atom is -0.361 e. The molecule has 3 aromatic carbocycles. The van der Waals surface area contributed by atoms with Crippen LogP contribution in [0, 0.1) is 0 Å². The van der Waals surface area contributed by atoms with E-state index in [1.54, 1.807) is 18.2 Å². The van der Waals surface area contributed by atoms with Crippen LogP contribution in [-0.2, 0) is 22.7 Å². The van der Waals surface area contributed by atoms with E-state index in [9.17, 15) is 8.42 Å². The fourth-order valence-corrected chi connectivity index (χ4v) is 4.80. The summed E-state index contributed by atoms with van der Waals surface area (Å²) in [7, 11) is 1.10. The van der Waals surface area contributed by atoms with Gasteiger partial charge in [0.05, 0.1) is 4.90 Å². The van der Waals surface area contributed by atoms with Crippen molar-refractivity contribution in [1.82, 2.24) is 9.88 Å². The first-order valence-corrected chi connectivity index (χ1v) is 13.8. The highest BCUT2D eigenvalue weighted by molar-refractivity contribution is 7.94. The van der Waals surface area contributed by atoms with Crippen molar-refractivity contribution < 1.29 is 8.42 Å². The predicted octanol–water partition coefficient (Wildman–Crippen LogP) is 6.91. The first-order valence-electron chi connectivity index (χ1n) is 12.2. The van der Waals surface area contributed by atoms with Gasteiger partial charge in [-0.05, 0) is 74.3 Å². The number of hydrogen-bond donors (Lipinski definition) is 1. The lowest BCUT2D eigenvalue weighted by Crippen LogP contribution is -2.29. The standard InChI is InChI=1S/C23H28N2.C8H8O2S/c1-4-21(25(2)3)16-20-17-24-23-14-13-19(15-22(20)23)12-8-11-18-9-6-5-7-10-18;1-2-11(9,10)8-6-4-3-5-7-8/h5-10,12-15,17,21,24H,4,11,16H2,1-3H3;2-7H,1H2/b12-8+;/t21-;/m1./s1. The van der Waals surface area contributed by atoms with E-state index in [1.807, 2.05) is 0 Å². The van der Waals surface area contributed by atoms with E-state index in [2.05, 4.69) is 104 Å². The zero-order valence-electron chi connectivity index (χ0n) is 21.4. The molecule has 4 rings (SSSR count). The van der Waals surface area contributed by atoms with Gasteiger partial charge in [-0.3, -0.25) is 0 Å². The van der Waals surface area contributed by atoms with Gasteiger partial charge < -0.3 is 9.88 Å². The maximum atomic E-state index is 11.1. The summed E-state index contributed by atoms with van der Waals surface area (Å²) in [6.07, 6.45) is 9.87. The molecule has 188 valence electrons. The molecule has 0 spiro atoms. The zero-order valence-corrected chi connectivity index (χ0v) is 22.2. The third kappa shape index (κ3) is 7.54. The van der Waals surface area contributed by atoms with Gasteiger partial charge in [0.25, 0.3) is 0 Å². The molecule has 0 unspecified atom stereocenters. The fraction of sp³-hybridized carbons (Fsp3) is 0.226. The maximum Gasteiger partial charge on any atom is 0.199 e. The molecule has 0 bridgehead atoms. The summed E-state index contributed by atoms with van der Waals surface area (Å²) >= 11 is 0. The molecule has 0 aliphatic carbocycles. The van der Waals surface area contributed by atoms with Crippen molar-refractivity contribution in [2.45, 2.75) is 37.1 Å². The zero-order chi connectivity index (χ0) is 26.0. The Labute approximate surface area is 215 Å². The Kier molecular flexibility index (Phi) is 9.86. The predicted molar refractivity (Wildman–Crippen MR) is 153 cm³/mol. The second-order valence-corrected chi connectivity index (χ2v) is 10.9. The van der Waals surface area contributed by atoms with Crippen molar-refractivity contribution in [3.63, 3.8) is 0 Å². The molecule has 1 N–H and O–H groups in total. The Hall–Kier alpha value is -3.41. The van der Waals surface area contributed by atoms with Crippen molar-refractivity contribution >= 4 is 26.8 Å². The molecular weight excluding hydrogens is 464 g/mol. The van der Waals surface area contributed by atoms with E-state index in [0.717, 1.165) is 24.7 Å². The lowest BCUT2D eigenvalue weighted by atomic mass is 10.0. The Morgan fingerprint density at radius 2 is 1.64 bits per heavy atom. The summed E-state index contributed by atoms with van der Waals surface area (Å²) in [5.74, 6) is 0. The molecule has 0 amide bonds. The van der Waals surface area contributed by atoms with E-state index < -0.39 is 9.84 Å². The van der Waals surface area contributed by atoms with Crippen molar-refractivity contribution in [2.75, 3.05) is 14.1 Å². The summed E-state index contributed by atoms with van der Waals surface area (Å²) in [4.78, 5) is 6.03. The highest BCUT2D eigenvalue weighted by Gasteiger charge is 2.13. The molecule has 36 heavy (non-hydrogen) atoms. The van der Waals surface area contributed by atoms with Gasteiger partial charge in [0.15, 0.2) is 9.84 Å². The number of benzene rings is 3. The smallest absolute Gasteiger partial charge is 0.199 e. The van der Waals surface area contributed by atoms with Gasteiger partial charge in [0.1, 0.15) is 0 Å². The molecule has 1 aromatic heterocycles. The summed E-state index contributed by atoms with van der Waals surface area (Å²) < 4.78 is 22.2. The molecule has 5 heteroatoms. The third-order valence-corrected chi connectivity index (χ3v) is 7.61. The number of likely N-dealkylation sites (N-methyl/N-ethyl adjacent to an activating group) is 1. The molecule has 1 heterocycles. The topological polar surface area (TPSA) is 53.2 Å². The Bertz CT molecular complexity index is 1370. The number of H-pyrrole nitrogens is 1. The highest BCUT2D eigenvalue weighted by atomic mass is 32.2. The van der Waals surface area contributed by atoms with Gasteiger partial charge in [0, 0.05) is 28.5 Å². The quantitative estimate of drug-likeness (QED) is 0.272. The lowest BCUT2D eigenvalue weighted by Gasteiger charge is -2.22. The average molecular weight is 501 g/mol. The van der Waals surface area contributed by atoms with Crippen molar-refractivity contribution in [3.05, 3.63) is 120 Å². The van der Waals surface area contributed by atoms with Gasteiger partial charge >= 0.3 is 0 Å². The van der Waals surface area contributed by atoms with Gasteiger partial charge in [-0.25, -0.2) is 8.42 Å². The fourth-order valence-electron chi connectivity index (χ4n) is 4.07. The minimum atomic E-state index is -3.23. The lowest BCUT2D eigenvalue weighted by molar-refractivity contribution is 0.285. The summed E-state index contributed by atoms with van der Waals surface area (Å²) in [5.41, 5.74) is 5.25. The van der Waals surface area contributed by atoms with Gasteiger partial charge in [-0.2, -0.15) is 0 Å². The number of hydrogen-bond acceptors (Lipinski definition) is 3. The van der Waals surface area contributed by atoms with E-state index >= 15 is 0 Å². The second kappa shape index (κ2) is 13.1. The molecule has 4 aromatic rings. The van der Waals surface area contributed by atoms with Crippen LogP contribution < -0.4 is 0 Å². The number of nitrogens with zero attached hydrogens (tertiary/aromatic N) is 1. The number of nitrogens with one attached hydrogen (secondary N) is 1. The van der Waals surface area contributed by atoms with Crippen LogP contribution in [0.15, 0.2) is 108 Å². The number of allylic oxidation sites excluding steroid dienone is 1. The molecule has 0 aliphatic rings. The van der Waals surface area contributed by atoms with E-state index in [1.165, 1.54) is 39.7 Å². The molecule has 4 nitrogen and oxygen atoms in total. The number of sulfone groups is 1. The second-order valence-electron chi connectivity index (χ2n) is 8.97. The molecule has 0 fully saturated rings. The van der Waals surface area contributed by atoms with E-state index in [-0.39, 0.29) is 4.90 Å². The summed E-state index contributed by atoms with van der Waals surface area (Å²) in [6.45, 7) is 5.48. The van der Waals surface area contributed by atoms with Crippen LogP contribution in [0.4, 0.5) is 0 Å². The van der Waals surface area contributed by atoms with Crippen LogP contribution in [0.2, 0.25) is 0 Å². The van der Waals surface area contributed by atoms with Crippen molar-refractivity contribution in [3.8, 4) is 0 Å². The molecule has 1 atom stereocenters. The van der Waals surface area contributed by atoms with Crippen LogP contribution in [-0.4, -0.2) is 38.4 Å². The SMILES string of the molecule is C=CS(=O)(=O)c1ccccc1.CC[C@H](Cc1c[nH]c2ccc(/C=C/Cc3ccccc3)cc12)N(C)C. The minimum absolute atomic E-state index is 0.287. The van der Waals surface area contributed by atoms with Gasteiger partial charge in [0.2, 0.25) is 0 Å². The van der Waals surface area contributed by atoms with Gasteiger partial charge in [-0.15, -0.1) is 0 Å². The number of fused-ring (bicyclic) bond motifs is 1. The third-order valence-electron chi connectivity index (χ3n) is 6.25. The average Bonchev–Trinajstić information content (AvgIpc) is 3.30. The van der Waals surface area contributed by atoms with E-state index in [0.29, 0.717) is 6.04 Å². The number of rotatable bonds is 9. The Balaban J connectivity index is 0.000000275. The van der Waals surface area contributed by atoms with Crippen molar-refractivity contribution in [2.24, 2.45) is 0 Å². The molecule has 0 saturated carbocycles. The summed E-state index contributed by atoms with van der Waals surface area (Å²) in [6, 6.07) is 26.1. The Morgan fingerprint density at radius 3 is 2.25 bits per heavy atom. The Morgan fingerprint density at radius 1 is 0.972 bits per heavy atom. The first kappa shape index (κ1) is 27.2. The normalized spacial score (nSPS) is 12.4. The number of aromatic amines is 1. The van der Waals surface area contributed by atoms with Crippen molar-refractivity contribution in [1.29, 1.82) is 0 Å².